The number of halogens is 1. The van der Waals surface area contributed by atoms with Gasteiger partial charge in [-0.1, -0.05) is 0 Å². The van der Waals surface area contributed by atoms with Crippen LogP contribution in [0.3, 0.4) is 0 Å². The lowest BCUT2D eigenvalue weighted by Crippen LogP contribution is -2.40. The molecule has 2 amide bonds. The lowest BCUT2D eigenvalue weighted by Gasteiger charge is -2.20. The summed E-state index contributed by atoms with van der Waals surface area (Å²) in [6, 6.07) is 3.30. The molecule has 2 N–H and O–H groups in total. The largest absolute Gasteiger partial charge is 0.508 e. The van der Waals surface area contributed by atoms with Crippen molar-refractivity contribution in [3.63, 3.8) is 0 Å². The van der Waals surface area contributed by atoms with Crippen LogP contribution in [0.4, 0.5) is 4.39 Å². The number of carbonyl (C=O) groups is 2. The van der Waals surface area contributed by atoms with Crippen LogP contribution in [0.1, 0.15) is 24.2 Å². The molecule has 0 spiro atoms. The van der Waals surface area contributed by atoms with Crippen LogP contribution in [-0.2, 0) is 4.79 Å². The molecule has 1 aromatic carbocycles. The van der Waals surface area contributed by atoms with E-state index in [1.54, 1.807) is 13.8 Å². The molecule has 5 nitrogen and oxygen atoms in total. The van der Waals surface area contributed by atoms with Gasteiger partial charge in [0.2, 0.25) is 5.91 Å². The minimum Gasteiger partial charge on any atom is -0.508 e. The van der Waals surface area contributed by atoms with Crippen molar-refractivity contribution in [1.82, 2.24) is 10.2 Å². The Labute approximate surface area is 111 Å². The van der Waals surface area contributed by atoms with E-state index < -0.39 is 11.7 Å². The third-order valence-corrected chi connectivity index (χ3v) is 2.56. The monoisotopic (exact) mass is 268 g/mol. The smallest absolute Gasteiger partial charge is 0.257 e. The molecule has 104 valence electrons. The van der Waals surface area contributed by atoms with E-state index in [4.69, 9.17) is 5.11 Å². The van der Waals surface area contributed by atoms with Gasteiger partial charge in [0, 0.05) is 19.2 Å². The fourth-order valence-corrected chi connectivity index (χ4v) is 1.60. The van der Waals surface area contributed by atoms with E-state index in [0.717, 1.165) is 6.07 Å². The summed E-state index contributed by atoms with van der Waals surface area (Å²) in [6.07, 6.45) is 0. The van der Waals surface area contributed by atoms with Gasteiger partial charge >= 0.3 is 0 Å². The number of hydrogen-bond donors (Lipinski definition) is 2. The predicted octanol–water partition coefficient (Wildman–Crippen LogP) is 1.13. The standard InChI is InChI=1S/C13H17FN2O3/c1-3-15-12(18)8-16(4-2)13(19)10-6-5-9(17)7-11(10)14/h5-7,17H,3-4,8H2,1-2H3,(H,15,18). The molecule has 0 radical (unpaired) electrons. The lowest BCUT2D eigenvalue weighted by atomic mass is 10.1. The van der Waals surface area contributed by atoms with E-state index in [1.165, 1.54) is 17.0 Å². The van der Waals surface area contributed by atoms with Crippen molar-refractivity contribution in [3.05, 3.63) is 29.6 Å². The zero-order chi connectivity index (χ0) is 14.4. The average molecular weight is 268 g/mol. The molecular formula is C13H17FN2O3. The van der Waals surface area contributed by atoms with Crippen molar-refractivity contribution in [1.29, 1.82) is 0 Å². The SMILES string of the molecule is CCNC(=O)CN(CC)C(=O)c1ccc(O)cc1F. The van der Waals surface area contributed by atoms with Crippen molar-refractivity contribution in [2.24, 2.45) is 0 Å². The highest BCUT2D eigenvalue weighted by atomic mass is 19.1. The predicted molar refractivity (Wildman–Crippen MR) is 68.3 cm³/mol. The topological polar surface area (TPSA) is 69.6 Å². The summed E-state index contributed by atoms with van der Waals surface area (Å²) in [5.74, 6) is -1.93. The maximum Gasteiger partial charge on any atom is 0.257 e. The molecule has 1 aromatic rings. The van der Waals surface area contributed by atoms with Crippen molar-refractivity contribution in [3.8, 4) is 5.75 Å². The highest BCUT2D eigenvalue weighted by Gasteiger charge is 2.20. The Morgan fingerprint density at radius 3 is 2.58 bits per heavy atom. The minimum atomic E-state index is -0.806. The van der Waals surface area contributed by atoms with Gasteiger partial charge in [-0.25, -0.2) is 4.39 Å². The van der Waals surface area contributed by atoms with E-state index >= 15 is 0 Å². The third-order valence-electron chi connectivity index (χ3n) is 2.56. The Balaban J connectivity index is 2.86. The van der Waals surface area contributed by atoms with Gasteiger partial charge in [-0.15, -0.1) is 0 Å². The van der Waals surface area contributed by atoms with Gasteiger partial charge in [0.25, 0.3) is 5.91 Å². The first kappa shape index (κ1) is 14.9. The first-order valence-electron chi connectivity index (χ1n) is 6.04. The Morgan fingerprint density at radius 1 is 1.37 bits per heavy atom. The van der Waals surface area contributed by atoms with Crippen LogP contribution < -0.4 is 5.32 Å². The van der Waals surface area contributed by atoms with E-state index in [1.807, 2.05) is 0 Å². The Hall–Kier alpha value is -2.11. The second-order valence-electron chi connectivity index (χ2n) is 3.94. The van der Waals surface area contributed by atoms with E-state index in [2.05, 4.69) is 5.32 Å². The summed E-state index contributed by atoms with van der Waals surface area (Å²) in [5, 5.41) is 11.7. The molecule has 6 heteroatoms. The summed E-state index contributed by atoms with van der Waals surface area (Å²) >= 11 is 0. The number of phenols is 1. The minimum absolute atomic E-state index is 0.122. The third kappa shape index (κ3) is 3.94. The maximum absolute atomic E-state index is 13.6. The highest BCUT2D eigenvalue weighted by Crippen LogP contribution is 2.16. The average Bonchev–Trinajstić information content (AvgIpc) is 2.35. The zero-order valence-electron chi connectivity index (χ0n) is 10.9. The molecule has 0 unspecified atom stereocenters. The number of likely N-dealkylation sites (N-methyl/N-ethyl adjacent to an activating group) is 2. The molecule has 0 aromatic heterocycles. The van der Waals surface area contributed by atoms with Crippen molar-refractivity contribution in [2.75, 3.05) is 19.6 Å². The molecule has 1 rings (SSSR count). The van der Waals surface area contributed by atoms with Gasteiger partial charge in [0.1, 0.15) is 11.6 Å². The van der Waals surface area contributed by atoms with Crippen molar-refractivity contribution >= 4 is 11.8 Å². The summed E-state index contributed by atoms with van der Waals surface area (Å²) in [5.41, 5.74) is -0.163. The number of nitrogens with one attached hydrogen (secondary N) is 1. The maximum atomic E-state index is 13.6. The highest BCUT2D eigenvalue weighted by molar-refractivity contribution is 5.96. The Bertz CT molecular complexity index is 477. The van der Waals surface area contributed by atoms with Crippen molar-refractivity contribution < 1.29 is 19.1 Å². The number of carbonyl (C=O) groups excluding carboxylic acids is 2. The lowest BCUT2D eigenvalue weighted by molar-refractivity contribution is -0.121. The van der Waals surface area contributed by atoms with Crippen LogP contribution in [0.5, 0.6) is 5.75 Å². The second kappa shape index (κ2) is 6.72. The van der Waals surface area contributed by atoms with Gasteiger partial charge in [-0.3, -0.25) is 9.59 Å². The summed E-state index contributed by atoms with van der Waals surface area (Å²) in [7, 11) is 0. The summed E-state index contributed by atoms with van der Waals surface area (Å²) in [6.45, 7) is 4.11. The van der Waals surface area contributed by atoms with Crippen LogP contribution in [0.2, 0.25) is 0 Å². The number of nitrogens with zero attached hydrogens (tertiary/aromatic N) is 1. The van der Waals surface area contributed by atoms with Gasteiger partial charge in [-0.2, -0.15) is 0 Å². The molecule has 0 fully saturated rings. The van der Waals surface area contributed by atoms with E-state index in [0.29, 0.717) is 6.54 Å². The summed E-state index contributed by atoms with van der Waals surface area (Å²) < 4.78 is 13.6. The van der Waals surface area contributed by atoms with Crippen LogP contribution in [0, 0.1) is 5.82 Å². The van der Waals surface area contributed by atoms with Crippen LogP contribution >= 0.6 is 0 Å². The molecule has 0 heterocycles. The fraction of sp³-hybridized carbons (Fsp3) is 0.385. The van der Waals surface area contributed by atoms with Crippen LogP contribution in [0.25, 0.3) is 0 Å². The molecule has 0 saturated heterocycles. The van der Waals surface area contributed by atoms with Crippen molar-refractivity contribution in [2.45, 2.75) is 13.8 Å². The Kier molecular flexibility index (Phi) is 5.29. The summed E-state index contributed by atoms with van der Waals surface area (Å²) in [4.78, 5) is 24.8. The number of amides is 2. The number of hydrogen-bond acceptors (Lipinski definition) is 3. The number of phenolic OH excluding ortho intramolecular Hbond substituents is 1. The fourth-order valence-electron chi connectivity index (χ4n) is 1.60. The molecule has 19 heavy (non-hydrogen) atoms. The van der Waals surface area contributed by atoms with Gasteiger partial charge in [-0.05, 0) is 26.0 Å². The van der Waals surface area contributed by atoms with Gasteiger partial charge in [0.15, 0.2) is 0 Å². The number of aromatic hydroxyl groups is 1. The van der Waals surface area contributed by atoms with Crippen LogP contribution in [0.15, 0.2) is 18.2 Å². The molecular weight excluding hydrogens is 251 g/mol. The van der Waals surface area contributed by atoms with Gasteiger partial charge < -0.3 is 15.3 Å². The quantitative estimate of drug-likeness (QED) is 0.841. The molecule has 0 saturated carbocycles. The molecule has 0 aliphatic carbocycles. The molecule has 0 bridgehead atoms. The normalized spacial score (nSPS) is 10.1. The van der Waals surface area contributed by atoms with E-state index in [-0.39, 0.29) is 30.3 Å². The van der Waals surface area contributed by atoms with E-state index in [9.17, 15) is 14.0 Å². The van der Waals surface area contributed by atoms with Crippen LogP contribution in [-0.4, -0.2) is 41.5 Å². The Morgan fingerprint density at radius 2 is 2.05 bits per heavy atom. The molecule has 0 aliphatic heterocycles. The second-order valence-corrected chi connectivity index (χ2v) is 3.94. The first-order valence-corrected chi connectivity index (χ1v) is 6.04. The molecule has 0 aliphatic rings. The number of benzene rings is 1. The number of rotatable bonds is 5. The van der Waals surface area contributed by atoms with Gasteiger partial charge in [0.05, 0.1) is 12.1 Å². The first-order chi connectivity index (χ1) is 8.99. The molecule has 0 atom stereocenters. The zero-order valence-corrected chi connectivity index (χ0v) is 10.9.